The zero-order valence-corrected chi connectivity index (χ0v) is 20.1. The molecule has 0 aliphatic heterocycles. The summed E-state index contributed by atoms with van der Waals surface area (Å²) < 4.78 is 10.8. The molecule has 0 aliphatic rings. The minimum Gasteiger partial charge on any atom is -0.493 e. The summed E-state index contributed by atoms with van der Waals surface area (Å²) in [6, 6.07) is 4.07. The number of unbranched alkanes of at least 4 members (excludes halogenated alkanes) is 1. The van der Waals surface area contributed by atoms with Gasteiger partial charge in [-0.15, -0.1) is 24.0 Å². The second-order valence-corrected chi connectivity index (χ2v) is 6.91. The highest BCUT2D eigenvalue weighted by Crippen LogP contribution is 2.30. The number of ether oxygens (including phenoxy) is 2. The molecule has 1 aromatic carbocycles. The Morgan fingerprint density at radius 3 is 2.42 bits per heavy atom. The van der Waals surface area contributed by atoms with Crippen molar-refractivity contribution in [1.82, 2.24) is 10.2 Å². The van der Waals surface area contributed by atoms with E-state index in [2.05, 4.69) is 37.4 Å². The molecule has 7 heteroatoms. The Morgan fingerprint density at radius 1 is 1.19 bits per heavy atom. The molecule has 1 N–H and O–H groups in total. The SMILES string of the molecule is CCNC(=NCCCCSC)N(C)Cc1cc(OC)c(OC)cc1C.I. The third kappa shape index (κ3) is 8.24. The van der Waals surface area contributed by atoms with Crippen LogP contribution in [0.4, 0.5) is 0 Å². The summed E-state index contributed by atoms with van der Waals surface area (Å²) >= 11 is 1.89. The molecule has 0 fully saturated rings. The largest absolute Gasteiger partial charge is 0.493 e. The summed E-state index contributed by atoms with van der Waals surface area (Å²) in [6.07, 6.45) is 4.48. The average molecular weight is 495 g/mol. The fourth-order valence-electron chi connectivity index (χ4n) is 2.54. The number of aliphatic imine (C=N–C) groups is 1. The van der Waals surface area contributed by atoms with Gasteiger partial charge in [-0.2, -0.15) is 11.8 Å². The van der Waals surface area contributed by atoms with Crippen LogP contribution >= 0.6 is 35.7 Å². The van der Waals surface area contributed by atoms with Gasteiger partial charge in [-0.05, 0) is 62.0 Å². The summed E-state index contributed by atoms with van der Waals surface area (Å²) in [4.78, 5) is 6.91. The van der Waals surface area contributed by atoms with Gasteiger partial charge in [-0.25, -0.2) is 0 Å². The molecule has 0 unspecified atom stereocenters. The molecule has 150 valence electrons. The smallest absolute Gasteiger partial charge is 0.193 e. The number of nitrogens with zero attached hydrogens (tertiary/aromatic N) is 2. The number of nitrogens with one attached hydrogen (secondary N) is 1. The van der Waals surface area contributed by atoms with Crippen molar-refractivity contribution in [2.45, 2.75) is 33.2 Å². The van der Waals surface area contributed by atoms with Crippen LogP contribution in [0.1, 0.15) is 30.9 Å². The number of rotatable bonds is 10. The lowest BCUT2D eigenvalue weighted by Crippen LogP contribution is -2.38. The lowest BCUT2D eigenvalue weighted by atomic mass is 10.1. The zero-order valence-electron chi connectivity index (χ0n) is 16.9. The van der Waals surface area contributed by atoms with E-state index in [9.17, 15) is 0 Å². The number of benzene rings is 1. The molecule has 0 bridgehead atoms. The van der Waals surface area contributed by atoms with E-state index in [-0.39, 0.29) is 24.0 Å². The molecule has 0 aromatic heterocycles. The van der Waals surface area contributed by atoms with Crippen LogP contribution in [0.15, 0.2) is 17.1 Å². The molecule has 0 spiro atoms. The van der Waals surface area contributed by atoms with Crippen molar-refractivity contribution in [2.75, 3.05) is 46.4 Å². The van der Waals surface area contributed by atoms with Crippen molar-refractivity contribution >= 4 is 41.7 Å². The van der Waals surface area contributed by atoms with Crippen LogP contribution in [-0.2, 0) is 6.54 Å². The average Bonchev–Trinajstić information content (AvgIpc) is 2.61. The molecule has 0 amide bonds. The molecule has 5 nitrogen and oxygen atoms in total. The zero-order chi connectivity index (χ0) is 18.7. The molecule has 0 saturated heterocycles. The first-order valence-corrected chi connectivity index (χ1v) is 10.2. The van der Waals surface area contributed by atoms with Crippen LogP contribution in [-0.4, -0.2) is 57.2 Å². The number of halogens is 1. The van der Waals surface area contributed by atoms with Gasteiger partial charge in [0.2, 0.25) is 0 Å². The number of methoxy groups -OCH3 is 2. The Balaban J connectivity index is 0.00000625. The standard InChI is InChI=1S/C19H33N3O2S.HI/c1-7-20-19(21-10-8-9-11-25-6)22(3)14-16-13-18(24-5)17(23-4)12-15(16)2;/h12-13H,7-11,14H2,1-6H3,(H,20,21);1H. The number of guanidine groups is 1. The molecule has 1 aromatic rings. The predicted octanol–water partition coefficient (Wildman–Crippen LogP) is 4.17. The maximum absolute atomic E-state index is 5.43. The molecular weight excluding hydrogens is 461 g/mol. The Morgan fingerprint density at radius 2 is 1.85 bits per heavy atom. The maximum atomic E-state index is 5.43. The van der Waals surface area contributed by atoms with Gasteiger partial charge < -0.3 is 19.7 Å². The molecule has 0 saturated carbocycles. The van der Waals surface area contributed by atoms with E-state index in [1.807, 2.05) is 23.9 Å². The highest BCUT2D eigenvalue weighted by molar-refractivity contribution is 14.0. The summed E-state index contributed by atoms with van der Waals surface area (Å²) in [5.74, 6) is 3.67. The summed E-state index contributed by atoms with van der Waals surface area (Å²) in [6.45, 7) is 6.68. The van der Waals surface area contributed by atoms with Gasteiger partial charge in [0.15, 0.2) is 17.5 Å². The van der Waals surface area contributed by atoms with E-state index in [1.54, 1.807) is 14.2 Å². The predicted molar refractivity (Wildman–Crippen MR) is 125 cm³/mol. The third-order valence-corrected chi connectivity index (χ3v) is 4.66. The van der Waals surface area contributed by atoms with Crippen molar-refractivity contribution in [3.63, 3.8) is 0 Å². The number of hydrogen-bond donors (Lipinski definition) is 1. The highest BCUT2D eigenvalue weighted by atomic mass is 127. The number of thioether (sulfide) groups is 1. The van der Waals surface area contributed by atoms with E-state index in [4.69, 9.17) is 14.5 Å². The molecule has 0 aliphatic carbocycles. The molecule has 26 heavy (non-hydrogen) atoms. The van der Waals surface area contributed by atoms with E-state index in [0.717, 1.165) is 43.5 Å². The first kappa shape index (κ1) is 25.2. The van der Waals surface area contributed by atoms with Crippen LogP contribution in [0.2, 0.25) is 0 Å². The fourth-order valence-corrected chi connectivity index (χ4v) is 3.03. The van der Waals surface area contributed by atoms with Crippen LogP contribution in [0.25, 0.3) is 0 Å². The van der Waals surface area contributed by atoms with Gasteiger partial charge in [0.1, 0.15) is 0 Å². The van der Waals surface area contributed by atoms with Crippen LogP contribution < -0.4 is 14.8 Å². The number of hydrogen-bond acceptors (Lipinski definition) is 4. The molecule has 0 heterocycles. The minimum absolute atomic E-state index is 0. The lowest BCUT2D eigenvalue weighted by Gasteiger charge is -2.23. The van der Waals surface area contributed by atoms with Gasteiger partial charge in [-0.1, -0.05) is 0 Å². The lowest BCUT2D eigenvalue weighted by molar-refractivity contribution is 0.353. The van der Waals surface area contributed by atoms with Crippen molar-refractivity contribution in [2.24, 2.45) is 4.99 Å². The van der Waals surface area contributed by atoms with Gasteiger partial charge in [0, 0.05) is 26.7 Å². The van der Waals surface area contributed by atoms with Crippen LogP contribution in [0.3, 0.4) is 0 Å². The van der Waals surface area contributed by atoms with E-state index in [0.29, 0.717) is 0 Å². The fraction of sp³-hybridized carbons (Fsp3) is 0.632. The Bertz CT molecular complexity index is 556. The Hall–Kier alpha value is -0.830. The van der Waals surface area contributed by atoms with Gasteiger partial charge >= 0.3 is 0 Å². The summed E-state index contributed by atoms with van der Waals surface area (Å²) in [7, 11) is 5.40. The van der Waals surface area contributed by atoms with E-state index in [1.165, 1.54) is 23.3 Å². The van der Waals surface area contributed by atoms with Crippen LogP contribution in [0, 0.1) is 6.92 Å². The normalized spacial score (nSPS) is 10.9. The highest BCUT2D eigenvalue weighted by Gasteiger charge is 2.12. The van der Waals surface area contributed by atoms with Crippen molar-refractivity contribution < 1.29 is 9.47 Å². The quantitative estimate of drug-likeness (QED) is 0.229. The summed E-state index contributed by atoms with van der Waals surface area (Å²) in [5, 5.41) is 3.38. The monoisotopic (exact) mass is 495 g/mol. The third-order valence-electron chi connectivity index (χ3n) is 3.96. The minimum atomic E-state index is 0. The maximum Gasteiger partial charge on any atom is 0.193 e. The van der Waals surface area contributed by atoms with Gasteiger partial charge in [-0.3, -0.25) is 4.99 Å². The first-order valence-electron chi connectivity index (χ1n) is 8.77. The van der Waals surface area contributed by atoms with Gasteiger partial charge in [0.25, 0.3) is 0 Å². The molecule has 0 radical (unpaired) electrons. The number of aryl methyl sites for hydroxylation is 1. The van der Waals surface area contributed by atoms with E-state index < -0.39 is 0 Å². The topological polar surface area (TPSA) is 46.1 Å². The van der Waals surface area contributed by atoms with E-state index >= 15 is 0 Å². The Labute approximate surface area is 180 Å². The molecular formula is C19H34IN3O2S. The Kier molecular flexibility index (Phi) is 13.8. The van der Waals surface area contributed by atoms with Crippen molar-refractivity contribution in [1.29, 1.82) is 0 Å². The second kappa shape index (κ2) is 14.3. The van der Waals surface area contributed by atoms with Crippen LogP contribution in [0.5, 0.6) is 11.5 Å². The molecule has 0 atom stereocenters. The van der Waals surface area contributed by atoms with Crippen molar-refractivity contribution in [3.8, 4) is 11.5 Å². The first-order chi connectivity index (χ1) is 12.1. The van der Waals surface area contributed by atoms with Crippen molar-refractivity contribution in [3.05, 3.63) is 23.3 Å². The second-order valence-electron chi connectivity index (χ2n) is 5.93. The summed E-state index contributed by atoms with van der Waals surface area (Å²) in [5.41, 5.74) is 2.38. The van der Waals surface area contributed by atoms with Gasteiger partial charge in [0.05, 0.1) is 14.2 Å². The molecule has 1 rings (SSSR count).